The lowest BCUT2D eigenvalue weighted by Crippen LogP contribution is -2.11. The van der Waals surface area contributed by atoms with Crippen molar-refractivity contribution >= 4 is 11.0 Å². The van der Waals surface area contributed by atoms with Gasteiger partial charge in [-0.1, -0.05) is 97.9 Å². The van der Waals surface area contributed by atoms with Crippen molar-refractivity contribution in [2.75, 3.05) is 6.61 Å². The van der Waals surface area contributed by atoms with Gasteiger partial charge in [-0.15, -0.1) is 0 Å². The molecule has 0 amide bonds. The van der Waals surface area contributed by atoms with E-state index in [2.05, 4.69) is 0 Å². The SMILES string of the molecule is CCCOc1c(-c2ccc(OCc3ccccc3)c(OCc3ccccc3)c2)oc2cc(OCc3ccccc3)cc(O)c2c1=O. The van der Waals surface area contributed by atoms with Gasteiger partial charge < -0.3 is 28.5 Å². The van der Waals surface area contributed by atoms with E-state index in [9.17, 15) is 9.90 Å². The quantitative estimate of drug-likeness (QED) is 0.139. The molecule has 0 bridgehead atoms. The highest BCUT2D eigenvalue weighted by Gasteiger charge is 2.22. The molecule has 0 atom stereocenters. The van der Waals surface area contributed by atoms with E-state index < -0.39 is 5.43 Å². The molecule has 5 aromatic carbocycles. The van der Waals surface area contributed by atoms with E-state index in [0.717, 1.165) is 16.7 Å². The Morgan fingerprint density at radius 2 is 1.20 bits per heavy atom. The first-order chi connectivity index (χ1) is 22.6. The zero-order valence-electron chi connectivity index (χ0n) is 25.5. The van der Waals surface area contributed by atoms with Gasteiger partial charge in [0.1, 0.15) is 42.3 Å². The third-order valence-electron chi connectivity index (χ3n) is 7.29. The van der Waals surface area contributed by atoms with Gasteiger partial charge in [0.15, 0.2) is 17.3 Å². The second-order valence-corrected chi connectivity index (χ2v) is 10.7. The summed E-state index contributed by atoms with van der Waals surface area (Å²) in [4.78, 5) is 13.8. The Hall–Kier alpha value is -5.69. The van der Waals surface area contributed by atoms with Crippen LogP contribution in [0.25, 0.3) is 22.3 Å². The van der Waals surface area contributed by atoms with Crippen LogP contribution in [0.1, 0.15) is 30.0 Å². The number of fused-ring (bicyclic) bond motifs is 1. The van der Waals surface area contributed by atoms with Crippen LogP contribution >= 0.6 is 0 Å². The standard InChI is InChI=1S/C39H34O7/c1-2-20-42-39-37(41)36-32(40)22-31(43-24-27-12-6-3-7-13-27)23-35(36)46-38(39)30-18-19-33(44-25-28-14-8-4-9-15-28)34(21-30)45-26-29-16-10-5-11-17-29/h3-19,21-23,40H,2,20,24-26H2,1H3. The molecule has 0 aliphatic carbocycles. The summed E-state index contributed by atoms with van der Waals surface area (Å²) < 4.78 is 30.7. The molecule has 6 aromatic rings. The third-order valence-corrected chi connectivity index (χ3v) is 7.29. The van der Waals surface area contributed by atoms with Crippen LogP contribution in [0.15, 0.2) is 131 Å². The Kier molecular flexibility index (Phi) is 9.49. The van der Waals surface area contributed by atoms with Crippen LogP contribution in [-0.2, 0) is 19.8 Å². The number of hydrogen-bond acceptors (Lipinski definition) is 7. The van der Waals surface area contributed by atoms with Crippen molar-refractivity contribution in [3.8, 4) is 40.1 Å². The minimum absolute atomic E-state index is 0.00886. The molecule has 6 rings (SSSR count). The van der Waals surface area contributed by atoms with Crippen LogP contribution in [0.5, 0.6) is 28.7 Å². The van der Waals surface area contributed by atoms with Gasteiger partial charge in [0.25, 0.3) is 0 Å². The number of phenols is 1. The van der Waals surface area contributed by atoms with Crippen LogP contribution in [-0.4, -0.2) is 11.7 Å². The summed E-state index contributed by atoms with van der Waals surface area (Å²) in [6, 6.07) is 37.8. The average Bonchev–Trinajstić information content (AvgIpc) is 3.09. The molecule has 0 spiro atoms. The van der Waals surface area contributed by atoms with Gasteiger partial charge in [0.2, 0.25) is 11.2 Å². The van der Waals surface area contributed by atoms with E-state index in [1.807, 2.05) is 97.9 Å². The highest BCUT2D eigenvalue weighted by Crippen LogP contribution is 2.40. The molecular formula is C39H34O7. The number of aromatic hydroxyl groups is 1. The second-order valence-electron chi connectivity index (χ2n) is 10.7. The fourth-order valence-electron chi connectivity index (χ4n) is 4.96. The van der Waals surface area contributed by atoms with Gasteiger partial charge in [0, 0.05) is 17.7 Å². The van der Waals surface area contributed by atoms with Gasteiger partial charge in [-0.05, 0) is 41.3 Å². The van der Waals surface area contributed by atoms with E-state index in [4.69, 9.17) is 23.4 Å². The van der Waals surface area contributed by atoms with Crippen LogP contribution in [0.2, 0.25) is 0 Å². The van der Waals surface area contributed by atoms with Crippen LogP contribution in [0, 0.1) is 0 Å². The topological polar surface area (TPSA) is 87.4 Å². The summed E-state index contributed by atoms with van der Waals surface area (Å²) in [6.45, 7) is 3.18. The molecule has 0 saturated carbocycles. The Balaban J connectivity index is 1.40. The number of hydrogen-bond donors (Lipinski definition) is 1. The van der Waals surface area contributed by atoms with Crippen molar-refractivity contribution in [1.82, 2.24) is 0 Å². The predicted octanol–water partition coefficient (Wildman–Crippen LogP) is 8.69. The maximum atomic E-state index is 13.8. The largest absolute Gasteiger partial charge is 0.507 e. The molecule has 0 aliphatic heterocycles. The molecule has 1 heterocycles. The molecule has 0 radical (unpaired) electrons. The molecule has 232 valence electrons. The average molecular weight is 615 g/mol. The zero-order valence-corrected chi connectivity index (χ0v) is 25.5. The van der Waals surface area contributed by atoms with E-state index in [0.29, 0.717) is 42.4 Å². The summed E-state index contributed by atoms with van der Waals surface area (Å²) >= 11 is 0. The summed E-state index contributed by atoms with van der Waals surface area (Å²) in [7, 11) is 0. The van der Waals surface area contributed by atoms with Gasteiger partial charge in [-0.3, -0.25) is 4.79 Å². The van der Waals surface area contributed by atoms with Crippen molar-refractivity contribution in [3.05, 3.63) is 148 Å². The van der Waals surface area contributed by atoms with Crippen molar-refractivity contribution in [3.63, 3.8) is 0 Å². The molecule has 7 nitrogen and oxygen atoms in total. The third kappa shape index (κ3) is 7.16. The number of benzene rings is 5. The first-order valence-electron chi connectivity index (χ1n) is 15.2. The molecule has 1 N–H and O–H groups in total. The Bertz CT molecular complexity index is 1950. The van der Waals surface area contributed by atoms with E-state index in [1.54, 1.807) is 24.3 Å². The van der Waals surface area contributed by atoms with Gasteiger partial charge in [0.05, 0.1) is 6.61 Å². The smallest absolute Gasteiger partial charge is 0.239 e. The molecule has 0 fully saturated rings. The summed E-state index contributed by atoms with van der Waals surface area (Å²) in [5, 5.41) is 10.9. The highest BCUT2D eigenvalue weighted by molar-refractivity contribution is 5.88. The number of phenolic OH excluding ortho intramolecular Hbond substituents is 1. The fourth-order valence-corrected chi connectivity index (χ4v) is 4.96. The van der Waals surface area contributed by atoms with E-state index in [-0.39, 0.29) is 41.4 Å². The normalized spacial score (nSPS) is 10.9. The van der Waals surface area contributed by atoms with Crippen molar-refractivity contribution < 1.29 is 28.5 Å². The Labute approximate surface area is 267 Å². The molecule has 7 heteroatoms. The maximum absolute atomic E-state index is 13.8. The minimum Gasteiger partial charge on any atom is -0.507 e. The first kappa shape index (κ1) is 30.3. The first-order valence-corrected chi connectivity index (χ1v) is 15.2. The van der Waals surface area contributed by atoms with E-state index >= 15 is 0 Å². The van der Waals surface area contributed by atoms with Gasteiger partial charge in [-0.25, -0.2) is 0 Å². The lowest BCUT2D eigenvalue weighted by Gasteiger charge is -2.16. The van der Waals surface area contributed by atoms with Crippen LogP contribution in [0.3, 0.4) is 0 Å². The van der Waals surface area contributed by atoms with Gasteiger partial charge >= 0.3 is 0 Å². The molecule has 1 aromatic heterocycles. The second kappa shape index (κ2) is 14.4. The van der Waals surface area contributed by atoms with Crippen LogP contribution < -0.4 is 24.4 Å². The summed E-state index contributed by atoms with van der Waals surface area (Å²) in [5.41, 5.74) is 3.21. The maximum Gasteiger partial charge on any atom is 0.239 e. The lowest BCUT2D eigenvalue weighted by molar-refractivity contribution is 0.256. The summed E-state index contributed by atoms with van der Waals surface area (Å²) in [6.07, 6.45) is 0.673. The molecule has 0 saturated heterocycles. The molecule has 0 aliphatic rings. The van der Waals surface area contributed by atoms with Crippen molar-refractivity contribution in [2.45, 2.75) is 33.2 Å². The summed E-state index contributed by atoms with van der Waals surface area (Å²) in [5.74, 6) is 1.35. The van der Waals surface area contributed by atoms with Crippen molar-refractivity contribution in [2.24, 2.45) is 0 Å². The lowest BCUT2D eigenvalue weighted by atomic mass is 10.1. The van der Waals surface area contributed by atoms with E-state index in [1.165, 1.54) is 6.07 Å². The number of ether oxygens (including phenoxy) is 4. The van der Waals surface area contributed by atoms with Crippen LogP contribution in [0.4, 0.5) is 0 Å². The Morgan fingerprint density at radius 3 is 1.78 bits per heavy atom. The highest BCUT2D eigenvalue weighted by atomic mass is 16.5. The molecule has 0 unspecified atom stereocenters. The fraction of sp³-hybridized carbons (Fsp3) is 0.154. The monoisotopic (exact) mass is 614 g/mol. The predicted molar refractivity (Wildman–Crippen MR) is 178 cm³/mol. The molecular weight excluding hydrogens is 580 g/mol. The zero-order chi connectivity index (χ0) is 31.7. The molecule has 46 heavy (non-hydrogen) atoms. The number of rotatable bonds is 13. The van der Waals surface area contributed by atoms with Gasteiger partial charge in [-0.2, -0.15) is 0 Å². The van der Waals surface area contributed by atoms with Crippen molar-refractivity contribution in [1.29, 1.82) is 0 Å². The Morgan fingerprint density at radius 1 is 0.630 bits per heavy atom. The minimum atomic E-state index is -0.479.